The Balaban J connectivity index is 0. The van der Waals surface area contributed by atoms with Crippen LogP contribution in [0.2, 0.25) is 0 Å². The van der Waals surface area contributed by atoms with Crippen molar-refractivity contribution in [2.24, 2.45) is 0 Å². The van der Waals surface area contributed by atoms with Gasteiger partial charge in [0.05, 0.1) is 0 Å². The van der Waals surface area contributed by atoms with Crippen LogP contribution in [-0.4, -0.2) is 30.8 Å². The van der Waals surface area contributed by atoms with Crippen LogP contribution < -0.4 is 10.6 Å². The number of rotatable bonds is 4. The molecule has 1 amide bonds. The fourth-order valence-corrected chi connectivity index (χ4v) is 1.08. The Kier molecular flexibility index (Phi) is 7.79. The van der Waals surface area contributed by atoms with Gasteiger partial charge in [-0.1, -0.05) is 0 Å². The molecule has 4 nitrogen and oxygen atoms in total. The van der Waals surface area contributed by atoms with E-state index in [2.05, 4.69) is 10.6 Å². The molecule has 98 valence electrons. The highest BCUT2D eigenvalue weighted by atomic mass is 35.5. The average Bonchev–Trinajstić information content (AvgIpc) is 1.95. The van der Waals surface area contributed by atoms with Crippen molar-refractivity contribution >= 4 is 18.5 Å². The van der Waals surface area contributed by atoms with Gasteiger partial charge >= 0.3 is 6.09 Å². The summed E-state index contributed by atoms with van der Waals surface area (Å²) in [4.78, 5) is 11.5. The summed E-state index contributed by atoms with van der Waals surface area (Å²) >= 11 is 0. The maximum atomic E-state index is 11.5. The highest BCUT2D eigenvalue weighted by Gasteiger charge is 2.23. The van der Waals surface area contributed by atoms with E-state index in [-0.39, 0.29) is 24.0 Å². The second-order valence-corrected chi connectivity index (χ2v) is 5.36. The normalized spacial score (nSPS) is 11.6. The minimum absolute atomic E-state index is 0. The van der Waals surface area contributed by atoms with Gasteiger partial charge in [-0.15, -0.1) is 12.4 Å². The quantitative estimate of drug-likeness (QED) is 0.808. The zero-order chi connectivity index (χ0) is 12.1. The van der Waals surface area contributed by atoms with Crippen LogP contribution in [0.3, 0.4) is 0 Å². The van der Waals surface area contributed by atoms with Crippen molar-refractivity contribution in [3.05, 3.63) is 0 Å². The molecule has 5 heteroatoms. The summed E-state index contributed by atoms with van der Waals surface area (Å²) in [5, 5.41) is 5.90. The van der Waals surface area contributed by atoms with Gasteiger partial charge in [0.25, 0.3) is 0 Å². The summed E-state index contributed by atoms with van der Waals surface area (Å²) in [6.45, 7) is 10.4. The van der Waals surface area contributed by atoms with Gasteiger partial charge in [-0.3, -0.25) is 0 Å². The monoisotopic (exact) mass is 252 g/mol. The Morgan fingerprint density at radius 1 is 1.19 bits per heavy atom. The van der Waals surface area contributed by atoms with Crippen LogP contribution in [0.5, 0.6) is 0 Å². The van der Waals surface area contributed by atoms with Gasteiger partial charge in [0.2, 0.25) is 0 Å². The second-order valence-electron chi connectivity index (χ2n) is 5.36. The first-order valence-corrected chi connectivity index (χ1v) is 5.32. The minimum Gasteiger partial charge on any atom is -0.444 e. The van der Waals surface area contributed by atoms with E-state index in [9.17, 15) is 4.79 Å². The lowest BCUT2D eigenvalue weighted by Crippen LogP contribution is -2.47. The van der Waals surface area contributed by atoms with E-state index in [0.29, 0.717) is 0 Å². The molecule has 0 saturated carbocycles. The molecule has 0 aromatic carbocycles. The first-order valence-electron chi connectivity index (χ1n) is 5.32. The molecule has 0 unspecified atom stereocenters. The summed E-state index contributed by atoms with van der Waals surface area (Å²) in [5.41, 5.74) is -0.686. The third kappa shape index (κ3) is 10.1. The summed E-state index contributed by atoms with van der Waals surface area (Å²) in [6, 6.07) is 0. The zero-order valence-corrected chi connectivity index (χ0v) is 12.0. The Morgan fingerprint density at radius 3 is 2.06 bits per heavy atom. The SMILES string of the molecule is CNCCC(C)(C)NC(=O)OC(C)(C)C.Cl. The summed E-state index contributed by atoms with van der Waals surface area (Å²) in [5.74, 6) is 0. The minimum atomic E-state index is -0.441. The van der Waals surface area contributed by atoms with Crippen LogP contribution in [-0.2, 0) is 4.74 Å². The number of nitrogens with one attached hydrogen (secondary N) is 2. The van der Waals surface area contributed by atoms with E-state index in [0.717, 1.165) is 13.0 Å². The molecule has 0 saturated heterocycles. The summed E-state index contributed by atoms with van der Waals surface area (Å²) in [6.07, 6.45) is 0.506. The van der Waals surface area contributed by atoms with E-state index in [1.165, 1.54) is 0 Å². The lowest BCUT2D eigenvalue weighted by atomic mass is 10.0. The fourth-order valence-electron chi connectivity index (χ4n) is 1.08. The first-order chi connectivity index (χ1) is 6.66. The highest BCUT2D eigenvalue weighted by Crippen LogP contribution is 2.11. The van der Waals surface area contributed by atoms with Crippen molar-refractivity contribution in [1.82, 2.24) is 10.6 Å². The van der Waals surface area contributed by atoms with Crippen molar-refractivity contribution in [2.75, 3.05) is 13.6 Å². The largest absolute Gasteiger partial charge is 0.444 e. The topological polar surface area (TPSA) is 50.4 Å². The number of hydrogen-bond donors (Lipinski definition) is 2. The molecule has 0 radical (unpaired) electrons. The number of carbonyl (C=O) groups excluding carboxylic acids is 1. The highest BCUT2D eigenvalue weighted by molar-refractivity contribution is 5.85. The Labute approximate surface area is 105 Å². The van der Waals surface area contributed by atoms with Gasteiger partial charge in [0, 0.05) is 5.54 Å². The molecule has 0 aromatic rings. The molecule has 0 bridgehead atoms. The number of alkyl carbamates (subject to hydrolysis) is 1. The van der Waals surface area contributed by atoms with Crippen LogP contribution in [0.1, 0.15) is 41.0 Å². The Bertz CT molecular complexity index is 213. The van der Waals surface area contributed by atoms with E-state index in [1.807, 2.05) is 41.7 Å². The summed E-state index contributed by atoms with van der Waals surface area (Å²) in [7, 11) is 1.89. The molecule has 0 atom stereocenters. The third-order valence-electron chi connectivity index (χ3n) is 1.84. The average molecular weight is 253 g/mol. The molecule has 2 N–H and O–H groups in total. The van der Waals surface area contributed by atoms with Crippen LogP contribution in [0.15, 0.2) is 0 Å². The number of ether oxygens (including phenoxy) is 1. The standard InChI is InChI=1S/C11H24N2O2.ClH/c1-10(2,3)15-9(14)13-11(4,5)7-8-12-6;/h12H,7-8H2,1-6H3,(H,13,14);1H. The smallest absolute Gasteiger partial charge is 0.408 e. The molecule has 0 heterocycles. The van der Waals surface area contributed by atoms with Gasteiger partial charge in [0.15, 0.2) is 0 Å². The molecule has 0 spiro atoms. The number of halogens is 1. The van der Waals surface area contributed by atoms with Crippen LogP contribution in [0.4, 0.5) is 4.79 Å². The zero-order valence-electron chi connectivity index (χ0n) is 11.1. The van der Waals surface area contributed by atoms with E-state index in [1.54, 1.807) is 0 Å². The molecule has 0 aliphatic rings. The van der Waals surface area contributed by atoms with Gasteiger partial charge in [-0.2, -0.15) is 0 Å². The van der Waals surface area contributed by atoms with Gasteiger partial charge < -0.3 is 15.4 Å². The molecule has 16 heavy (non-hydrogen) atoms. The third-order valence-corrected chi connectivity index (χ3v) is 1.84. The van der Waals surface area contributed by atoms with Crippen molar-refractivity contribution < 1.29 is 9.53 Å². The molecule has 0 aliphatic heterocycles. The van der Waals surface area contributed by atoms with E-state index in [4.69, 9.17) is 4.74 Å². The molecule has 0 aliphatic carbocycles. The first kappa shape index (κ1) is 17.9. The molecule has 0 rings (SSSR count). The number of hydrogen-bond acceptors (Lipinski definition) is 3. The van der Waals surface area contributed by atoms with Crippen molar-refractivity contribution in [3.63, 3.8) is 0 Å². The Morgan fingerprint density at radius 2 is 1.69 bits per heavy atom. The fraction of sp³-hybridized carbons (Fsp3) is 0.909. The van der Waals surface area contributed by atoms with Crippen molar-refractivity contribution in [1.29, 1.82) is 0 Å². The van der Waals surface area contributed by atoms with E-state index < -0.39 is 5.60 Å². The molecular weight excluding hydrogens is 228 g/mol. The lowest BCUT2D eigenvalue weighted by molar-refractivity contribution is 0.0468. The van der Waals surface area contributed by atoms with Gasteiger partial charge in [-0.05, 0) is 54.6 Å². The van der Waals surface area contributed by atoms with Crippen molar-refractivity contribution in [2.45, 2.75) is 52.2 Å². The van der Waals surface area contributed by atoms with Crippen LogP contribution in [0.25, 0.3) is 0 Å². The predicted octanol–water partition coefficient (Wildman–Crippen LogP) is 2.32. The van der Waals surface area contributed by atoms with Crippen LogP contribution >= 0.6 is 12.4 Å². The molecular formula is C11H25ClN2O2. The maximum Gasteiger partial charge on any atom is 0.408 e. The summed E-state index contributed by atoms with van der Waals surface area (Å²) < 4.78 is 5.18. The van der Waals surface area contributed by atoms with Gasteiger partial charge in [0.1, 0.15) is 5.60 Å². The second kappa shape index (κ2) is 6.97. The molecule has 0 fully saturated rings. The lowest BCUT2D eigenvalue weighted by Gasteiger charge is -2.28. The molecule has 0 aromatic heterocycles. The predicted molar refractivity (Wildman–Crippen MR) is 69.2 cm³/mol. The number of amides is 1. The maximum absolute atomic E-state index is 11.5. The Hall–Kier alpha value is -0.480. The number of carbonyl (C=O) groups is 1. The van der Waals surface area contributed by atoms with E-state index >= 15 is 0 Å². The van der Waals surface area contributed by atoms with Crippen molar-refractivity contribution in [3.8, 4) is 0 Å². The van der Waals surface area contributed by atoms with Gasteiger partial charge in [-0.25, -0.2) is 4.79 Å². The van der Waals surface area contributed by atoms with Crippen LogP contribution in [0, 0.1) is 0 Å².